The fraction of sp³-hybridized carbons (Fsp3) is 0.188. The molecule has 0 saturated carbocycles. The normalized spacial score (nSPS) is 11.2. The highest BCUT2D eigenvalue weighted by atomic mass is 16.5. The first kappa shape index (κ1) is 59.5. The predicted molar refractivity (Wildman–Crippen MR) is 316 cm³/mol. The molecule has 8 N–H and O–H groups in total. The number of nitrogens with two attached hydrogens (primary N) is 3. The molecule has 0 aromatic heterocycles. The van der Waals surface area contributed by atoms with Crippen LogP contribution in [0.3, 0.4) is 0 Å². The van der Waals surface area contributed by atoms with E-state index in [1.165, 1.54) is 14.2 Å². The average molecular weight is 1080 g/mol. The van der Waals surface area contributed by atoms with Crippen molar-refractivity contribution in [3.8, 4) is 0 Å². The Kier molecular flexibility index (Phi) is 20.2. The van der Waals surface area contributed by atoms with E-state index in [4.69, 9.17) is 53.4 Å². The second kappa shape index (κ2) is 27.5. The minimum Gasteiger partial charge on any atom is -0.465 e. The van der Waals surface area contributed by atoms with Crippen LogP contribution in [0.2, 0.25) is 0 Å². The number of Topliss-reactive ketones (excluding diaryl/α,β-unsaturated/α-hetero) is 1. The lowest BCUT2D eigenvalue weighted by Gasteiger charge is -2.09. The van der Waals surface area contributed by atoms with Gasteiger partial charge in [-0.25, -0.2) is 34.4 Å². The van der Waals surface area contributed by atoms with Crippen LogP contribution in [0.25, 0.3) is 19.4 Å². The number of ether oxygens (including phenoxy) is 2. The number of hydrogen-bond acceptors (Lipinski definition) is 12. The lowest BCUT2D eigenvalue weighted by Crippen LogP contribution is -2.18. The van der Waals surface area contributed by atoms with Gasteiger partial charge in [0, 0.05) is 66.9 Å². The number of carbonyl (C=O) groups excluding carboxylic acids is 4. The summed E-state index contributed by atoms with van der Waals surface area (Å²) in [5.41, 5.74) is 36.9. The zero-order valence-electron chi connectivity index (χ0n) is 45.6. The number of methoxy groups -OCH3 is 2. The molecule has 7 aromatic rings. The second-order valence-corrected chi connectivity index (χ2v) is 19.1. The van der Waals surface area contributed by atoms with E-state index in [0.717, 1.165) is 85.7 Å². The van der Waals surface area contributed by atoms with Gasteiger partial charge in [-0.05, 0) is 150 Å². The highest BCUT2D eigenvalue weighted by Crippen LogP contribution is 2.36. The van der Waals surface area contributed by atoms with E-state index in [1.807, 2.05) is 76.2 Å². The second-order valence-electron chi connectivity index (χ2n) is 19.1. The number of nitrogen functional groups attached to an aromatic ring is 3. The maximum absolute atomic E-state index is 12.3. The number of benzene rings is 7. The number of fused-ring (bicyclic) bond motifs is 2. The Morgan fingerprint density at radius 2 is 0.914 bits per heavy atom. The van der Waals surface area contributed by atoms with E-state index in [2.05, 4.69) is 34.1 Å². The minimum atomic E-state index is -0.527. The average Bonchev–Trinajstić information content (AvgIpc) is 4.05. The van der Waals surface area contributed by atoms with Crippen molar-refractivity contribution in [2.24, 2.45) is 9.98 Å². The molecule has 17 heteroatoms. The Morgan fingerprint density at radius 3 is 1.38 bits per heavy atom. The summed E-state index contributed by atoms with van der Waals surface area (Å²) in [6, 6.07) is 35.8. The summed E-state index contributed by atoms with van der Waals surface area (Å²) in [7, 11) is 2.70. The van der Waals surface area contributed by atoms with E-state index in [0.29, 0.717) is 74.9 Å². The molecule has 0 radical (unpaired) electrons. The van der Waals surface area contributed by atoms with Crippen molar-refractivity contribution < 1.29 is 33.9 Å². The number of esters is 2. The SMILES string of the molecule is [C-]#[N+]c1cc(N)c(CC(=O)Cc2cccc(C(=O)OC)c2)cc1C.[C-]#[N+]c1cc(N)c(N)cc1C.[C-]#[N+]c1cc2c(cc1C)CC(Cc1cccc(C(=O)NO)c1)=N2.[C-]#[N+]c1cc2c(cc1C)CC(Cc1cccc(C(=O)OC)c1)=N2. The first-order chi connectivity index (χ1) is 38.8. The maximum Gasteiger partial charge on any atom is 0.337 e. The molecule has 0 aliphatic carbocycles. The largest absolute Gasteiger partial charge is 0.465 e. The molecule has 2 aliphatic heterocycles. The quantitative estimate of drug-likeness (QED) is 0.0270. The fourth-order valence-corrected chi connectivity index (χ4v) is 8.90. The van der Waals surface area contributed by atoms with E-state index < -0.39 is 11.9 Å². The highest BCUT2D eigenvalue weighted by Gasteiger charge is 2.20. The predicted octanol–water partition coefficient (Wildman–Crippen LogP) is 12.7. The third-order valence-corrected chi connectivity index (χ3v) is 13.1. The van der Waals surface area contributed by atoms with Gasteiger partial charge in [0.25, 0.3) is 5.91 Å². The third-order valence-electron chi connectivity index (χ3n) is 13.1. The third kappa shape index (κ3) is 15.7. The number of ketones is 1. The molecule has 0 spiro atoms. The number of nitrogens with zero attached hydrogens (tertiary/aromatic N) is 6. The van der Waals surface area contributed by atoms with Crippen molar-refractivity contribution in [2.45, 2.75) is 66.2 Å². The van der Waals surface area contributed by atoms with Crippen molar-refractivity contribution in [3.05, 3.63) is 239 Å². The lowest BCUT2D eigenvalue weighted by molar-refractivity contribution is -0.117. The topological polar surface area (TPSA) is 239 Å². The van der Waals surface area contributed by atoms with Gasteiger partial charge in [-0.2, -0.15) is 0 Å². The highest BCUT2D eigenvalue weighted by molar-refractivity contribution is 5.98. The monoisotopic (exact) mass is 1080 g/mol. The number of aliphatic imine (C=N–C) groups is 2. The molecular formula is C64H58N10O7. The van der Waals surface area contributed by atoms with E-state index in [-0.39, 0.29) is 24.6 Å². The summed E-state index contributed by atoms with van der Waals surface area (Å²) < 4.78 is 9.43. The van der Waals surface area contributed by atoms with Crippen LogP contribution in [-0.2, 0) is 52.8 Å². The van der Waals surface area contributed by atoms with Crippen LogP contribution in [0.1, 0.15) is 86.7 Å². The van der Waals surface area contributed by atoms with E-state index in [9.17, 15) is 19.2 Å². The molecule has 1 amide bonds. The molecule has 81 heavy (non-hydrogen) atoms. The van der Waals surface area contributed by atoms with Crippen LogP contribution in [0.4, 0.5) is 51.2 Å². The number of carbonyl (C=O) groups is 4. The van der Waals surface area contributed by atoms with Gasteiger partial charge >= 0.3 is 11.9 Å². The van der Waals surface area contributed by atoms with Crippen LogP contribution in [0, 0.1) is 54.0 Å². The first-order valence-corrected chi connectivity index (χ1v) is 25.1. The van der Waals surface area contributed by atoms with Crippen molar-refractivity contribution >= 4 is 86.2 Å². The van der Waals surface area contributed by atoms with Gasteiger partial charge in [-0.1, -0.05) is 54.6 Å². The molecule has 17 nitrogen and oxygen atoms in total. The first-order valence-electron chi connectivity index (χ1n) is 25.1. The molecule has 7 aromatic carbocycles. The summed E-state index contributed by atoms with van der Waals surface area (Å²) in [4.78, 5) is 69.9. The molecule has 0 saturated heterocycles. The molecule has 0 unspecified atom stereocenters. The van der Waals surface area contributed by atoms with Gasteiger partial charge in [0.1, 0.15) is 5.78 Å². The molecule has 406 valence electrons. The van der Waals surface area contributed by atoms with Crippen molar-refractivity contribution in [1.29, 1.82) is 0 Å². The van der Waals surface area contributed by atoms with Crippen molar-refractivity contribution in [3.63, 3.8) is 0 Å². The maximum atomic E-state index is 12.3. The minimum absolute atomic E-state index is 0.0151. The van der Waals surface area contributed by atoms with Gasteiger partial charge in [-0.3, -0.25) is 24.8 Å². The van der Waals surface area contributed by atoms with Gasteiger partial charge in [-0.15, -0.1) is 0 Å². The fourth-order valence-electron chi connectivity index (χ4n) is 8.90. The zero-order valence-corrected chi connectivity index (χ0v) is 45.6. The van der Waals surface area contributed by atoms with Crippen LogP contribution in [0.15, 0.2) is 131 Å². The molecule has 2 heterocycles. The number of hydroxylamine groups is 1. The van der Waals surface area contributed by atoms with Crippen LogP contribution in [0.5, 0.6) is 0 Å². The van der Waals surface area contributed by atoms with Crippen LogP contribution < -0.4 is 22.7 Å². The number of hydrogen-bond donors (Lipinski definition) is 5. The Morgan fingerprint density at radius 1 is 0.519 bits per heavy atom. The van der Waals surface area contributed by atoms with Crippen molar-refractivity contribution in [2.75, 3.05) is 31.4 Å². The molecular weight excluding hydrogens is 1020 g/mol. The molecule has 0 atom stereocenters. The molecule has 9 rings (SSSR count). The summed E-state index contributed by atoms with van der Waals surface area (Å²) in [6.07, 6.45) is 3.25. The van der Waals surface area contributed by atoms with Crippen LogP contribution in [-0.4, -0.2) is 54.5 Å². The zero-order chi connectivity index (χ0) is 58.9. The number of rotatable bonds is 11. The summed E-state index contributed by atoms with van der Waals surface area (Å²) >= 11 is 0. The smallest absolute Gasteiger partial charge is 0.337 e. The van der Waals surface area contributed by atoms with Gasteiger partial charge in [0.15, 0.2) is 22.7 Å². The Hall–Kier alpha value is -10.7. The molecule has 2 aliphatic rings. The van der Waals surface area contributed by atoms with Gasteiger partial charge < -0.3 is 26.7 Å². The Balaban J connectivity index is 0.000000179. The van der Waals surface area contributed by atoms with E-state index in [1.54, 1.807) is 78.3 Å². The molecule has 0 fully saturated rings. The summed E-state index contributed by atoms with van der Waals surface area (Å²) in [6.45, 7) is 35.8. The number of nitrogens with one attached hydrogen (secondary N) is 1. The number of amides is 1. The van der Waals surface area contributed by atoms with Crippen LogP contribution >= 0.6 is 0 Å². The summed E-state index contributed by atoms with van der Waals surface area (Å²) in [5, 5.41) is 8.71. The van der Waals surface area contributed by atoms with Crippen molar-refractivity contribution in [1.82, 2.24) is 5.48 Å². The lowest BCUT2D eigenvalue weighted by atomic mass is 9.98. The van der Waals surface area contributed by atoms with Gasteiger partial charge in [0.05, 0.1) is 68.7 Å². The Bertz CT molecular complexity index is 3710. The number of aryl methyl sites for hydroxylation is 4. The standard InChI is InChI=1S/C19H18N2O3.C19H16N2O2.C18H15N3O2.C8H9N3/c1-12-7-15(17(20)11-18(12)21-2)10-16(22)9-13-5-4-6-14(8-13)19(23)24-3;1-12-7-15-10-16(21-18(15)11-17(12)20-2)9-13-5-4-6-14(8-13)19(22)23-3;1-11-6-14-9-15(20-17(14)10-16(11)19-2)8-12-4-3-5-13(7-12)18(22)21-23;1-5-3-6(9)7(10)4-8(5)11-2/h4-8,11H,9-10,20H2,1,3H3;4-8,11H,9-10H2,1,3H3;3-7,10,23H,8-9H2,1H3,(H,21,22);3-4H,9-10H2,1H3. The summed E-state index contributed by atoms with van der Waals surface area (Å²) in [5.74, 6) is -1.31. The van der Waals surface area contributed by atoms with E-state index >= 15 is 0 Å². The Labute approximate surface area is 470 Å². The van der Waals surface area contributed by atoms with Gasteiger partial charge in [0.2, 0.25) is 0 Å². The molecule has 0 bridgehead atoms. The number of anilines is 3.